The number of alkyl halides is 2. The molecule has 2 aliphatic carbocycles. The fourth-order valence-corrected chi connectivity index (χ4v) is 7.38. The highest BCUT2D eigenvalue weighted by molar-refractivity contribution is 6.67. The van der Waals surface area contributed by atoms with Crippen LogP contribution in [-0.2, 0) is 12.6 Å². The molecule has 1 spiro atoms. The number of fused-ring (bicyclic) bond motifs is 1. The molecule has 2 aliphatic heterocycles. The van der Waals surface area contributed by atoms with Gasteiger partial charge in [-0.15, -0.1) is 5.10 Å². The van der Waals surface area contributed by atoms with E-state index in [0.717, 1.165) is 42.0 Å². The first-order chi connectivity index (χ1) is 21.9. The van der Waals surface area contributed by atoms with E-state index in [0.29, 0.717) is 31.5 Å². The first-order valence-electron chi connectivity index (χ1n) is 15.3. The molecule has 2 aromatic heterocycles. The number of amides is 1. The maximum absolute atomic E-state index is 14.3. The molecule has 0 bridgehead atoms. The van der Waals surface area contributed by atoms with Gasteiger partial charge in [-0.05, 0) is 63.6 Å². The van der Waals surface area contributed by atoms with Gasteiger partial charge >= 0.3 is 6.01 Å². The van der Waals surface area contributed by atoms with Crippen LogP contribution in [0.2, 0.25) is 5.15 Å². The molecule has 4 heterocycles. The Morgan fingerprint density at radius 3 is 2.61 bits per heavy atom. The van der Waals surface area contributed by atoms with Gasteiger partial charge in [0.05, 0.1) is 5.56 Å². The lowest BCUT2D eigenvalue weighted by molar-refractivity contribution is -0.120. The lowest BCUT2D eigenvalue weighted by Crippen LogP contribution is -2.65. The Morgan fingerprint density at radius 1 is 1.15 bits per heavy atom. The van der Waals surface area contributed by atoms with Gasteiger partial charge in [-0.2, -0.15) is 4.98 Å². The summed E-state index contributed by atoms with van der Waals surface area (Å²) >= 11 is 6.38. The molecule has 15 heteroatoms. The molecule has 0 N–H and O–H groups in total. The Balaban J connectivity index is 1.01. The number of halogens is 4. The zero-order chi connectivity index (χ0) is 32.4. The van der Waals surface area contributed by atoms with Gasteiger partial charge in [-0.1, -0.05) is 16.7 Å². The van der Waals surface area contributed by atoms with Crippen molar-refractivity contribution in [2.75, 3.05) is 18.0 Å². The predicted octanol–water partition coefficient (Wildman–Crippen LogP) is 5.28. The van der Waals surface area contributed by atoms with Gasteiger partial charge in [0.1, 0.15) is 23.4 Å². The third-order valence-corrected chi connectivity index (χ3v) is 9.62. The Hall–Kier alpha value is -4.12. The number of nitrogens with zero attached hydrogens (tertiary/aromatic N) is 7. The number of benzene rings is 1. The van der Waals surface area contributed by atoms with Crippen molar-refractivity contribution in [3.8, 4) is 23.5 Å². The normalized spacial score (nSPS) is 19.6. The molecule has 2 saturated carbocycles. The van der Waals surface area contributed by atoms with Crippen LogP contribution in [0.4, 0.5) is 19.0 Å². The molecule has 46 heavy (non-hydrogen) atoms. The molecule has 1 amide bonds. The topological polar surface area (TPSA) is 117 Å². The average Bonchev–Trinajstić information content (AvgIpc) is 3.39. The number of carbonyl (C=O) groups is 1. The van der Waals surface area contributed by atoms with E-state index in [2.05, 4.69) is 26.1 Å². The predicted molar refractivity (Wildman–Crippen MR) is 162 cm³/mol. The van der Waals surface area contributed by atoms with Crippen LogP contribution in [0.25, 0.3) is 0 Å². The molecule has 3 aromatic rings. The van der Waals surface area contributed by atoms with Crippen molar-refractivity contribution in [3.05, 3.63) is 58.3 Å². The van der Waals surface area contributed by atoms with Crippen LogP contribution in [0.1, 0.15) is 61.1 Å². The Bertz CT molecular complexity index is 1740. The maximum atomic E-state index is 14.3. The van der Waals surface area contributed by atoms with Crippen LogP contribution < -0.4 is 14.4 Å². The summed E-state index contributed by atoms with van der Waals surface area (Å²) in [6.45, 7) is 4.72. The zero-order valence-corrected chi connectivity index (χ0v) is 26.0. The summed E-state index contributed by atoms with van der Waals surface area (Å²) in [4.78, 5) is 25.7. The van der Waals surface area contributed by atoms with Crippen molar-refractivity contribution in [2.45, 2.75) is 76.3 Å². The summed E-state index contributed by atoms with van der Waals surface area (Å²) in [5.74, 6) is -0.652. The Kier molecular flexibility index (Phi) is 7.50. The zero-order valence-electron chi connectivity index (χ0n) is 25.2. The highest BCUT2D eigenvalue weighted by Crippen LogP contribution is 2.52. The largest absolute Gasteiger partial charge is 0.490 e. The first kappa shape index (κ1) is 30.5. The number of rotatable bonds is 8. The molecule has 4 aliphatic rings. The number of anilines is 1. The molecular formula is C31H30BClF3N7O3. The Labute approximate surface area is 268 Å². The second-order valence-corrected chi connectivity index (χ2v) is 13.5. The van der Waals surface area contributed by atoms with Gasteiger partial charge in [0.15, 0.2) is 11.0 Å². The van der Waals surface area contributed by atoms with E-state index in [4.69, 9.17) is 21.1 Å². The highest BCUT2D eigenvalue weighted by Gasteiger charge is 2.55. The minimum Gasteiger partial charge on any atom is -0.490 e. The number of carbonyl (C=O) groups excluding carboxylic acids is 1. The summed E-state index contributed by atoms with van der Waals surface area (Å²) < 4.78 is 53.8. The second-order valence-electron chi connectivity index (χ2n) is 13.1. The van der Waals surface area contributed by atoms with Crippen molar-refractivity contribution in [1.82, 2.24) is 25.1 Å². The smallest absolute Gasteiger partial charge is 0.343 e. The second kappa shape index (κ2) is 11.3. The minimum atomic E-state index is -2.83. The number of pyridine rings is 1. The number of nitriles is 1. The molecule has 238 valence electrons. The van der Waals surface area contributed by atoms with E-state index in [1.807, 2.05) is 11.0 Å². The SMILES string of the molecule is CC(C)N(C(=O)c1cc(F)ccc1Oc1nnc(Cl)c(N2CC3(CC(Oc4ccnc5c4CB(C#N)C5)C3)C2)n1)C1CC(F)(F)C1. The molecule has 1 saturated heterocycles. The van der Waals surface area contributed by atoms with Crippen LogP contribution in [0.15, 0.2) is 30.5 Å². The van der Waals surface area contributed by atoms with Crippen molar-refractivity contribution < 1.29 is 27.4 Å². The van der Waals surface area contributed by atoms with Crippen LogP contribution >= 0.6 is 11.6 Å². The van der Waals surface area contributed by atoms with Crippen molar-refractivity contribution in [2.24, 2.45) is 5.41 Å². The number of ether oxygens (including phenoxy) is 2. The maximum Gasteiger partial charge on any atom is 0.343 e. The summed E-state index contributed by atoms with van der Waals surface area (Å²) in [6.07, 6.45) is 3.90. The molecular weight excluding hydrogens is 622 g/mol. The number of hydrogen-bond donors (Lipinski definition) is 0. The van der Waals surface area contributed by atoms with Gasteiger partial charge in [0.25, 0.3) is 18.5 Å². The molecule has 10 nitrogen and oxygen atoms in total. The fraction of sp³-hybridized carbons (Fsp3) is 0.484. The lowest BCUT2D eigenvalue weighted by Gasteiger charge is -2.58. The average molecular weight is 652 g/mol. The fourth-order valence-electron chi connectivity index (χ4n) is 7.18. The molecule has 1 aromatic carbocycles. The van der Waals surface area contributed by atoms with E-state index in [-0.39, 0.29) is 40.7 Å². The standard InChI is InChI=1S/C31H30BClF3N7O3/c1-17(2)43(19-8-31(35,36)9-19)28(44)21-7-18(34)3-4-24(21)46-29-39-27(26(33)40-41-29)42-14-30(15-42)10-20(11-30)45-25-5-6-38-23-13-32(16-37)12-22(23)25/h3-7,17,19-20H,8-15H2,1-2H3. The minimum absolute atomic E-state index is 0.0269. The van der Waals surface area contributed by atoms with Crippen molar-refractivity contribution in [1.29, 1.82) is 5.26 Å². The van der Waals surface area contributed by atoms with Crippen LogP contribution in [0, 0.1) is 22.5 Å². The van der Waals surface area contributed by atoms with E-state index < -0.39 is 42.6 Å². The summed E-state index contributed by atoms with van der Waals surface area (Å²) in [7, 11) is 0. The quantitative estimate of drug-likeness (QED) is 0.300. The third-order valence-electron chi connectivity index (χ3n) is 9.38. The van der Waals surface area contributed by atoms with E-state index in [9.17, 15) is 23.2 Å². The summed E-state index contributed by atoms with van der Waals surface area (Å²) in [5.41, 5.74) is 1.88. The van der Waals surface area contributed by atoms with Gasteiger partial charge in [-0.25, -0.2) is 18.4 Å². The van der Waals surface area contributed by atoms with Gasteiger partial charge in [0.2, 0.25) is 0 Å². The summed E-state index contributed by atoms with van der Waals surface area (Å²) in [6, 6.07) is 4.03. The van der Waals surface area contributed by atoms with E-state index in [1.165, 1.54) is 11.0 Å². The lowest BCUT2D eigenvalue weighted by atomic mass is 9.49. The van der Waals surface area contributed by atoms with Gasteiger partial charge in [0, 0.05) is 66.9 Å². The van der Waals surface area contributed by atoms with E-state index in [1.54, 1.807) is 20.0 Å². The molecule has 3 fully saturated rings. The monoisotopic (exact) mass is 651 g/mol. The van der Waals surface area contributed by atoms with Crippen LogP contribution in [0.5, 0.6) is 17.5 Å². The summed E-state index contributed by atoms with van der Waals surface area (Å²) in [5, 5.41) is 17.3. The molecule has 0 radical (unpaired) electrons. The Morgan fingerprint density at radius 2 is 1.91 bits per heavy atom. The first-order valence-corrected chi connectivity index (χ1v) is 15.7. The highest BCUT2D eigenvalue weighted by atomic mass is 35.5. The molecule has 0 unspecified atom stereocenters. The van der Waals surface area contributed by atoms with Crippen LogP contribution in [-0.4, -0.2) is 74.9 Å². The third kappa shape index (κ3) is 5.59. The number of hydrogen-bond acceptors (Lipinski definition) is 9. The van der Waals surface area contributed by atoms with Crippen molar-refractivity contribution >= 4 is 30.0 Å². The van der Waals surface area contributed by atoms with Gasteiger partial charge < -0.3 is 19.3 Å². The van der Waals surface area contributed by atoms with Gasteiger partial charge in [-0.3, -0.25) is 9.78 Å². The van der Waals surface area contributed by atoms with Crippen LogP contribution in [0.3, 0.4) is 0 Å². The van der Waals surface area contributed by atoms with E-state index >= 15 is 0 Å². The molecule has 0 atom stereocenters. The van der Waals surface area contributed by atoms with Crippen molar-refractivity contribution in [3.63, 3.8) is 0 Å². The number of aromatic nitrogens is 4. The molecule has 7 rings (SSSR count).